The summed E-state index contributed by atoms with van der Waals surface area (Å²) in [6, 6.07) is 0. The molecule has 0 aliphatic heterocycles. The van der Waals surface area contributed by atoms with Crippen LogP contribution in [0.1, 0.15) is 6.92 Å². The van der Waals surface area contributed by atoms with Gasteiger partial charge in [0.2, 0.25) is 0 Å². The van der Waals surface area contributed by atoms with Crippen LogP contribution in [-0.4, -0.2) is 6.67 Å². The summed E-state index contributed by atoms with van der Waals surface area (Å²) in [5.41, 5.74) is 0.266. The van der Waals surface area contributed by atoms with Crippen LogP contribution in [0.25, 0.3) is 0 Å². The lowest BCUT2D eigenvalue weighted by molar-refractivity contribution is 0.545. The van der Waals surface area contributed by atoms with Gasteiger partial charge in [0.1, 0.15) is 12.5 Å². The molecule has 0 aromatic heterocycles. The van der Waals surface area contributed by atoms with Crippen molar-refractivity contribution in [3.05, 3.63) is 24.1 Å². The van der Waals surface area contributed by atoms with Gasteiger partial charge in [-0.2, -0.15) is 0 Å². The van der Waals surface area contributed by atoms with E-state index in [4.69, 9.17) is 0 Å². The zero-order chi connectivity index (χ0) is 6.57. The standard InChI is InChI=1S/C6H8F2/c1-5(2)6(8)3-4-7/h3H,1,4H2,2H3/b6-3+. The molecule has 0 rings (SSSR count). The Kier molecular flexibility index (Phi) is 3.08. The van der Waals surface area contributed by atoms with Gasteiger partial charge in [0.15, 0.2) is 0 Å². The van der Waals surface area contributed by atoms with E-state index in [-0.39, 0.29) is 5.57 Å². The fraction of sp³-hybridized carbons (Fsp3) is 0.333. The summed E-state index contributed by atoms with van der Waals surface area (Å²) in [4.78, 5) is 0. The molecule has 0 bridgehead atoms. The molecule has 0 fully saturated rings. The second-order valence-corrected chi connectivity index (χ2v) is 1.49. The van der Waals surface area contributed by atoms with Gasteiger partial charge in [0.05, 0.1) is 0 Å². The normalized spacial score (nSPS) is 11.6. The van der Waals surface area contributed by atoms with E-state index in [0.717, 1.165) is 6.08 Å². The van der Waals surface area contributed by atoms with E-state index in [0.29, 0.717) is 0 Å². The monoisotopic (exact) mass is 118 g/mol. The van der Waals surface area contributed by atoms with Crippen LogP contribution in [0.5, 0.6) is 0 Å². The predicted molar refractivity (Wildman–Crippen MR) is 30.0 cm³/mol. The molecule has 0 aliphatic carbocycles. The second kappa shape index (κ2) is 3.36. The Bertz CT molecular complexity index is 114. The quantitative estimate of drug-likeness (QED) is 0.488. The molecular weight excluding hydrogens is 110 g/mol. The number of halogens is 2. The highest BCUT2D eigenvalue weighted by molar-refractivity contribution is 5.18. The van der Waals surface area contributed by atoms with Crippen molar-refractivity contribution in [3.8, 4) is 0 Å². The van der Waals surface area contributed by atoms with E-state index in [9.17, 15) is 8.78 Å². The molecule has 0 amide bonds. The minimum atomic E-state index is -0.765. The third-order valence-electron chi connectivity index (χ3n) is 0.664. The van der Waals surface area contributed by atoms with Crippen LogP contribution in [0.15, 0.2) is 24.1 Å². The molecule has 0 saturated carbocycles. The summed E-state index contributed by atoms with van der Waals surface area (Å²) in [6.07, 6.45) is 0.850. The maximum Gasteiger partial charge on any atom is 0.124 e. The number of hydrogen-bond donors (Lipinski definition) is 0. The number of rotatable bonds is 2. The van der Waals surface area contributed by atoms with Gasteiger partial charge in [-0.05, 0) is 18.6 Å². The van der Waals surface area contributed by atoms with Gasteiger partial charge in [-0.3, -0.25) is 0 Å². The van der Waals surface area contributed by atoms with Crippen molar-refractivity contribution in [2.45, 2.75) is 6.92 Å². The second-order valence-electron chi connectivity index (χ2n) is 1.49. The van der Waals surface area contributed by atoms with E-state index in [1.165, 1.54) is 6.92 Å². The van der Waals surface area contributed by atoms with E-state index in [2.05, 4.69) is 6.58 Å². The van der Waals surface area contributed by atoms with Crippen molar-refractivity contribution >= 4 is 0 Å². The van der Waals surface area contributed by atoms with Crippen molar-refractivity contribution in [2.24, 2.45) is 0 Å². The summed E-state index contributed by atoms with van der Waals surface area (Å²) in [7, 11) is 0. The molecule has 0 saturated heterocycles. The van der Waals surface area contributed by atoms with E-state index < -0.39 is 12.5 Å². The molecule has 0 spiro atoms. The lowest BCUT2D eigenvalue weighted by Gasteiger charge is -1.88. The van der Waals surface area contributed by atoms with Gasteiger partial charge in [-0.25, -0.2) is 8.78 Å². The highest BCUT2D eigenvalue weighted by Crippen LogP contribution is 2.06. The number of hydrogen-bond acceptors (Lipinski definition) is 0. The van der Waals surface area contributed by atoms with Gasteiger partial charge in [-0.15, -0.1) is 0 Å². The smallest absolute Gasteiger partial charge is 0.124 e. The van der Waals surface area contributed by atoms with Crippen LogP contribution < -0.4 is 0 Å². The van der Waals surface area contributed by atoms with Crippen molar-refractivity contribution < 1.29 is 8.78 Å². The Labute approximate surface area is 47.5 Å². The average Bonchev–Trinajstić information content (AvgIpc) is 1.67. The number of alkyl halides is 1. The molecule has 0 aliphatic rings. The SMILES string of the molecule is C=C(C)/C(F)=C\CF. The van der Waals surface area contributed by atoms with Gasteiger partial charge < -0.3 is 0 Å². The molecule has 0 heterocycles. The van der Waals surface area contributed by atoms with Gasteiger partial charge in [0.25, 0.3) is 0 Å². The fourth-order valence-electron chi connectivity index (χ4n) is 0.242. The van der Waals surface area contributed by atoms with Crippen LogP contribution in [0.4, 0.5) is 8.78 Å². The Morgan fingerprint density at radius 2 is 2.25 bits per heavy atom. The Hall–Kier alpha value is -0.660. The first kappa shape index (κ1) is 7.34. The molecule has 0 unspecified atom stereocenters. The molecule has 0 aromatic rings. The van der Waals surface area contributed by atoms with Crippen molar-refractivity contribution in [1.29, 1.82) is 0 Å². The summed E-state index contributed by atoms with van der Waals surface area (Å²) in [5.74, 6) is -0.562. The molecule has 0 atom stereocenters. The van der Waals surface area contributed by atoms with Crippen LogP contribution in [0.3, 0.4) is 0 Å². The Balaban J connectivity index is 3.80. The van der Waals surface area contributed by atoms with Gasteiger partial charge in [0, 0.05) is 0 Å². The molecule has 0 aromatic carbocycles. The van der Waals surface area contributed by atoms with Gasteiger partial charge >= 0.3 is 0 Å². The fourth-order valence-corrected chi connectivity index (χ4v) is 0.242. The zero-order valence-corrected chi connectivity index (χ0v) is 4.75. The molecule has 0 nitrogen and oxygen atoms in total. The predicted octanol–water partition coefficient (Wildman–Crippen LogP) is 2.39. The third kappa shape index (κ3) is 2.50. The largest absolute Gasteiger partial charge is 0.246 e. The summed E-state index contributed by atoms with van der Waals surface area (Å²) in [5, 5.41) is 0. The molecule has 0 radical (unpaired) electrons. The van der Waals surface area contributed by atoms with Crippen LogP contribution >= 0.6 is 0 Å². The van der Waals surface area contributed by atoms with Crippen LogP contribution in [-0.2, 0) is 0 Å². The molecular formula is C6H8F2. The average molecular weight is 118 g/mol. The van der Waals surface area contributed by atoms with E-state index in [1.54, 1.807) is 0 Å². The first-order chi connectivity index (χ1) is 3.68. The van der Waals surface area contributed by atoms with Crippen LogP contribution in [0, 0.1) is 0 Å². The van der Waals surface area contributed by atoms with Crippen molar-refractivity contribution in [1.82, 2.24) is 0 Å². The van der Waals surface area contributed by atoms with Crippen LogP contribution in [0.2, 0.25) is 0 Å². The lowest BCUT2D eigenvalue weighted by atomic mass is 10.3. The van der Waals surface area contributed by atoms with Gasteiger partial charge in [-0.1, -0.05) is 6.58 Å². The molecule has 0 N–H and O–H groups in total. The minimum absolute atomic E-state index is 0.266. The topological polar surface area (TPSA) is 0 Å². The minimum Gasteiger partial charge on any atom is -0.246 e. The van der Waals surface area contributed by atoms with E-state index in [1.807, 2.05) is 0 Å². The third-order valence-corrected chi connectivity index (χ3v) is 0.664. The zero-order valence-electron chi connectivity index (χ0n) is 4.75. The summed E-state index contributed by atoms with van der Waals surface area (Å²) >= 11 is 0. The first-order valence-corrected chi connectivity index (χ1v) is 2.26. The number of allylic oxidation sites excluding steroid dienone is 3. The lowest BCUT2D eigenvalue weighted by Crippen LogP contribution is -1.74. The van der Waals surface area contributed by atoms with Crippen molar-refractivity contribution in [2.75, 3.05) is 6.67 Å². The highest BCUT2D eigenvalue weighted by Gasteiger charge is 1.90. The van der Waals surface area contributed by atoms with Crippen molar-refractivity contribution in [3.63, 3.8) is 0 Å². The maximum atomic E-state index is 12.0. The summed E-state index contributed by atoms with van der Waals surface area (Å²) in [6.45, 7) is 3.99. The highest BCUT2D eigenvalue weighted by atomic mass is 19.1. The molecule has 46 valence electrons. The maximum absolute atomic E-state index is 12.0. The summed E-state index contributed by atoms with van der Waals surface area (Å²) < 4.78 is 23.3. The Morgan fingerprint density at radius 1 is 1.75 bits per heavy atom. The Morgan fingerprint density at radius 3 is 2.38 bits per heavy atom. The molecule has 8 heavy (non-hydrogen) atoms. The molecule has 2 heteroatoms. The van der Waals surface area contributed by atoms with E-state index >= 15 is 0 Å². The first-order valence-electron chi connectivity index (χ1n) is 2.26.